The molecule has 2 fully saturated rings. The highest BCUT2D eigenvalue weighted by Crippen LogP contribution is 2.43. The fraction of sp³-hybridized carbons (Fsp3) is 0.600. The zero-order valence-electron chi connectivity index (χ0n) is 28.1. The van der Waals surface area contributed by atoms with Crippen molar-refractivity contribution in [1.29, 1.82) is 0 Å². The first-order chi connectivity index (χ1) is 22.6. The molecule has 0 aromatic heterocycles. The summed E-state index contributed by atoms with van der Waals surface area (Å²) in [7, 11) is 0. The summed E-state index contributed by atoms with van der Waals surface area (Å²) in [4.78, 5) is 26.1. The van der Waals surface area contributed by atoms with E-state index in [1.54, 1.807) is 0 Å². The quantitative estimate of drug-likeness (QED) is 0.116. The van der Waals surface area contributed by atoms with Gasteiger partial charge in [0.05, 0.1) is 25.0 Å². The Balaban J connectivity index is 1.38. The van der Waals surface area contributed by atoms with Crippen molar-refractivity contribution in [2.45, 2.75) is 104 Å². The van der Waals surface area contributed by atoms with E-state index in [1.807, 2.05) is 38.1 Å². The Morgan fingerprint density at radius 2 is 0.935 bits per heavy atom. The van der Waals surface area contributed by atoms with E-state index in [4.69, 9.17) is 18.9 Å². The molecule has 0 N–H and O–H groups in total. The summed E-state index contributed by atoms with van der Waals surface area (Å²) in [5, 5.41) is 3.73. The Morgan fingerprint density at radius 1 is 0.587 bits per heavy atom. The second kappa shape index (κ2) is 17.6. The van der Waals surface area contributed by atoms with Crippen molar-refractivity contribution in [3.8, 4) is 11.5 Å². The van der Waals surface area contributed by atoms with E-state index in [0.717, 1.165) is 58.7 Å². The molecule has 2 saturated carbocycles. The first kappa shape index (κ1) is 34.1. The van der Waals surface area contributed by atoms with Crippen molar-refractivity contribution in [3.05, 3.63) is 48.5 Å². The number of ether oxygens (including phenoxy) is 4. The van der Waals surface area contributed by atoms with Gasteiger partial charge in [0.25, 0.3) is 0 Å². The van der Waals surface area contributed by atoms with Crippen molar-refractivity contribution in [2.75, 3.05) is 26.4 Å². The minimum absolute atomic E-state index is 0.176. The summed E-state index contributed by atoms with van der Waals surface area (Å²) in [6.45, 7) is 4.99. The summed E-state index contributed by atoms with van der Waals surface area (Å²) in [6.07, 6.45) is 16.4. The van der Waals surface area contributed by atoms with Gasteiger partial charge in [-0.1, -0.05) is 113 Å². The number of esters is 2. The average Bonchev–Trinajstić information content (AvgIpc) is 3.09. The van der Waals surface area contributed by atoms with Crippen LogP contribution in [0.2, 0.25) is 0 Å². The van der Waals surface area contributed by atoms with Gasteiger partial charge in [-0.15, -0.1) is 0 Å². The Labute approximate surface area is 275 Å². The highest BCUT2D eigenvalue weighted by Gasteiger charge is 2.27. The maximum absolute atomic E-state index is 13.1. The molecule has 3 aromatic rings. The van der Waals surface area contributed by atoms with Crippen LogP contribution in [0.25, 0.3) is 21.5 Å². The maximum atomic E-state index is 13.1. The van der Waals surface area contributed by atoms with Gasteiger partial charge in [-0.2, -0.15) is 0 Å². The number of hydrogen-bond donors (Lipinski definition) is 0. The molecule has 0 aliphatic heterocycles. The van der Waals surface area contributed by atoms with E-state index in [9.17, 15) is 9.59 Å². The zero-order chi connectivity index (χ0) is 32.1. The van der Waals surface area contributed by atoms with Crippen LogP contribution in [-0.4, -0.2) is 38.4 Å². The lowest BCUT2D eigenvalue weighted by molar-refractivity contribution is -0.150. The van der Waals surface area contributed by atoms with Crippen molar-refractivity contribution in [2.24, 2.45) is 23.7 Å². The second-order valence-electron chi connectivity index (χ2n) is 13.4. The molecule has 3 aromatic carbocycles. The highest BCUT2D eigenvalue weighted by atomic mass is 16.5. The normalized spacial score (nSPS) is 17.4. The van der Waals surface area contributed by atoms with Crippen LogP contribution in [0, 0.1) is 23.7 Å². The molecule has 6 nitrogen and oxygen atoms in total. The Morgan fingerprint density at radius 3 is 1.26 bits per heavy atom. The van der Waals surface area contributed by atoms with E-state index >= 15 is 0 Å². The third-order valence-electron chi connectivity index (χ3n) is 10.2. The predicted octanol–water partition coefficient (Wildman–Crippen LogP) is 9.83. The van der Waals surface area contributed by atoms with E-state index in [-0.39, 0.29) is 37.0 Å². The van der Waals surface area contributed by atoms with Crippen LogP contribution in [0.3, 0.4) is 0 Å². The number of carbonyl (C=O) groups is 2. The molecule has 2 aliphatic carbocycles. The third kappa shape index (κ3) is 8.95. The number of hydrogen-bond acceptors (Lipinski definition) is 6. The second-order valence-corrected chi connectivity index (χ2v) is 13.4. The minimum Gasteiger partial charge on any atom is -0.491 e. The smallest absolute Gasteiger partial charge is 0.312 e. The number of benzene rings is 3. The van der Waals surface area contributed by atoms with Gasteiger partial charge in [0.1, 0.15) is 24.7 Å². The summed E-state index contributed by atoms with van der Waals surface area (Å²) in [5.74, 6) is 1.90. The molecular weight excluding hydrogens is 576 g/mol. The molecule has 2 unspecified atom stereocenters. The van der Waals surface area contributed by atoms with Crippen LogP contribution in [0.5, 0.6) is 11.5 Å². The summed E-state index contributed by atoms with van der Waals surface area (Å²) in [5.41, 5.74) is 0. The van der Waals surface area contributed by atoms with Gasteiger partial charge in [0.15, 0.2) is 0 Å². The first-order valence-corrected chi connectivity index (χ1v) is 18.1. The van der Waals surface area contributed by atoms with Gasteiger partial charge in [-0.3, -0.25) is 9.59 Å². The summed E-state index contributed by atoms with van der Waals surface area (Å²) < 4.78 is 24.3. The van der Waals surface area contributed by atoms with Crippen LogP contribution in [0.15, 0.2) is 48.5 Å². The molecule has 0 bridgehead atoms. The van der Waals surface area contributed by atoms with Gasteiger partial charge < -0.3 is 18.9 Å². The SMILES string of the molecule is CCOC(=O)C(CCC1CCCCC1)COc1c2ccccc2c(OCC(CCC2CCCCC2)C(=O)OCC)c2ccccc12. The molecule has 5 rings (SSSR count). The molecule has 0 saturated heterocycles. The summed E-state index contributed by atoms with van der Waals surface area (Å²) in [6, 6.07) is 16.2. The molecular formula is C40H54O6. The molecule has 46 heavy (non-hydrogen) atoms. The van der Waals surface area contributed by atoms with Crippen molar-refractivity contribution < 1.29 is 28.5 Å². The fourth-order valence-electron chi connectivity index (χ4n) is 7.61. The van der Waals surface area contributed by atoms with E-state index in [1.165, 1.54) is 64.2 Å². The lowest BCUT2D eigenvalue weighted by atomic mass is 9.84. The van der Waals surface area contributed by atoms with Gasteiger partial charge in [0.2, 0.25) is 0 Å². The zero-order valence-corrected chi connectivity index (χ0v) is 28.1. The van der Waals surface area contributed by atoms with Crippen LogP contribution in [0.4, 0.5) is 0 Å². The van der Waals surface area contributed by atoms with Crippen LogP contribution >= 0.6 is 0 Å². The minimum atomic E-state index is -0.315. The number of fused-ring (bicyclic) bond motifs is 2. The summed E-state index contributed by atoms with van der Waals surface area (Å²) >= 11 is 0. The van der Waals surface area contributed by atoms with Crippen LogP contribution < -0.4 is 9.47 Å². The fourth-order valence-corrected chi connectivity index (χ4v) is 7.61. The Kier molecular flexibility index (Phi) is 13.0. The van der Waals surface area contributed by atoms with Crippen LogP contribution in [0.1, 0.15) is 104 Å². The Hall–Kier alpha value is -3.28. The van der Waals surface area contributed by atoms with Crippen molar-refractivity contribution in [1.82, 2.24) is 0 Å². The Bertz CT molecular complexity index is 1240. The topological polar surface area (TPSA) is 71.1 Å². The third-order valence-corrected chi connectivity index (χ3v) is 10.2. The lowest BCUT2D eigenvalue weighted by Crippen LogP contribution is -2.26. The maximum Gasteiger partial charge on any atom is 0.312 e. The van der Waals surface area contributed by atoms with Crippen molar-refractivity contribution >= 4 is 33.5 Å². The first-order valence-electron chi connectivity index (χ1n) is 18.1. The largest absolute Gasteiger partial charge is 0.491 e. The molecule has 250 valence electrons. The van der Waals surface area contributed by atoms with E-state index in [2.05, 4.69) is 24.3 Å². The van der Waals surface area contributed by atoms with Gasteiger partial charge >= 0.3 is 11.9 Å². The van der Waals surface area contributed by atoms with E-state index in [0.29, 0.717) is 25.0 Å². The standard InChI is InChI=1S/C40H54O6/c1-3-43-39(41)31(25-23-29-15-7-5-8-16-29)27-45-37-33-19-11-13-21-35(33)38(36-22-14-12-20-34(36)37)46-28-32(40(42)44-4-2)26-24-30-17-9-6-10-18-30/h11-14,19-22,29-32H,3-10,15-18,23-28H2,1-2H3. The number of rotatable bonds is 16. The molecule has 0 radical (unpaired) electrons. The molecule has 2 aliphatic rings. The molecule has 6 heteroatoms. The number of carbonyl (C=O) groups excluding carboxylic acids is 2. The average molecular weight is 631 g/mol. The van der Waals surface area contributed by atoms with Crippen LogP contribution in [-0.2, 0) is 19.1 Å². The monoisotopic (exact) mass is 630 g/mol. The molecule has 0 amide bonds. The lowest BCUT2D eigenvalue weighted by Gasteiger charge is -2.25. The van der Waals surface area contributed by atoms with Gasteiger partial charge in [0, 0.05) is 21.5 Å². The van der Waals surface area contributed by atoms with Crippen molar-refractivity contribution in [3.63, 3.8) is 0 Å². The molecule has 2 atom stereocenters. The predicted molar refractivity (Wildman–Crippen MR) is 184 cm³/mol. The van der Waals surface area contributed by atoms with Gasteiger partial charge in [-0.05, 0) is 51.4 Å². The molecule has 0 spiro atoms. The highest BCUT2D eigenvalue weighted by molar-refractivity contribution is 6.11. The van der Waals surface area contributed by atoms with E-state index < -0.39 is 0 Å². The molecule has 0 heterocycles. The van der Waals surface area contributed by atoms with Gasteiger partial charge in [-0.25, -0.2) is 0 Å².